The van der Waals surface area contributed by atoms with Crippen molar-refractivity contribution in [2.45, 2.75) is 44.8 Å². The van der Waals surface area contributed by atoms with E-state index in [1.807, 2.05) is 7.05 Å². The van der Waals surface area contributed by atoms with Gasteiger partial charge in [-0.1, -0.05) is 35.0 Å². The Bertz CT molecular complexity index is 371. The minimum atomic E-state index is 0.163. The van der Waals surface area contributed by atoms with Gasteiger partial charge < -0.3 is 10.1 Å². The van der Waals surface area contributed by atoms with E-state index in [0.717, 1.165) is 16.9 Å². The van der Waals surface area contributed by atoms with Gasteiger partial charge in [0.2, 0.25) is 0 Å². The van der Waals surface area contributed by atoms with E-state index in [9.17, 15) is 0 Å². The fourth-order valence-electron chi connectivity index (χ4n) is 2.71. The number of ether oxygens (including phenoxy) is 1. The van der Waals surface area contributed by atoms with Crippen LogP contribution in [0.5, 0.6) is 0 Å². The molecule has 0 bridgehead atoms. The lowest BCUT2D eigenvalue weighted by Crippen LogP contribution is -2.27. The maximum Gasteiger partial charge on any atom is 0.0952 e. The van der Waals surface area contributed by atoms with Crippen molar-refractivity contribution >= 4 is 15.9 Å². The van der Waals surface area contributed by atoms with Crippen LogP contribution in [0.3, 0.4) is 0 Å². The second-order valence-corrected chi connectivity index (χ2v) is 6.53. The highest BCUT2D eigenvalue weighted by molar-refractivity contribution is 9.10. The molecule has 0 heterocycles. The monoisotopic (exact) mass is 325 g/mol. The molecule has 3 heteroatoms. The summed E-state index contributed by atoms with van der Waals surface area (Å²) in [6.07, 6.45) is 5.61. The van der Waals surface area contributed by atoms with E-state index in [1.54, 1.807) is 0 Å². The van der Waals surface area contributed by atoms with E-state index in [0.29, 0.717) is 6.10 Å². The number of hydrogen-bond acceptors (Lipinski definition) is 2. The maximum absolute atomic E-state index is 6.33. The van der Waals surface area contributed by atoms with Crippen molar-refractivity contribution in [1.29, 1.82) is 0 Å². The van der Waals surface area contributed by atoms with Crippen molar-refractivity contribution in [3.63, 3.8) is 0 Å². The van der Waals surface area contributed by atoms with Gasteiger partial charge in [0, 0.05) is 11.0 Å². The van der Waals surface area contributed by atoms with Gasteiger partial charge in [-0.3, -0.25) is 0 Å². The van der Waals surface area contributed by atoms with Crippen LogP contribution in [-0.4, -0.2) is 19.7 Å². The van der Waals surface area contributed by atoms with E-state index in [2.05, 4.69) is 52.4 Å². The van der Waals surface area contributed by atoms with Gasteiger partial charge in [-0.15, -0.1) is 0 Å². The normalized spacial score (nSPS) is 25.2. The number of rotatable bonds is 5. The predicted molar refractivity (Wildman–Crippen MR) is 83.3 cm³/mol. The summed E-state index contributed by atoms with van der Waals surface area (Å²) in [4.78, 5) is 0. The van der Waals surface area contributed by atoms with Crippen LogP contribution in [-0.2, 0) is 4.74 Å². The van der Waals surface area contributed by atoms with Gasteiger partial charge in [0.15, 0.2) is 0 Å². The molecule has 0 aliphatic heterocycles. The Hall–Kier alpha value is -0.380. The largest absolute Gasteiger partial charge is 0.369 e. The zero-order valence-electron chi connectivity index (χ0n) is 11.9. The van der Waals surface area contributed by atoms with Gasteiger partial charge in [0.05, 0.1) is 12.2 Å². The molecule has 0 spiro atoms. The lowest BCUT2D eigenvalue weighted by atomic mass is 9.89. The van der Waals surface area contributed by atoms with Crippen molar-refractivity contribution in [3.05, 3.63) is 34.3 Å². The van der Waals surface area contributed by atoms with Crippen LogP contribution in [0.25, 0.3) is 0 Å². The number of hydrogen-bond donors (Lipinski definition) is 1. The molecule has 1 aliphatic carbocycles. The third-order valence-electron chi connectivity index (χ3n) is 3.95. The molecule has 1 fully saturated rings. The first-order valence-corrected chi connectivity index (χ1v) is 8.04. The molecule has 1 aliphatic rings. The van der Waals surface area contributed by atoms with Crippen LogP contribution in [0.15, 0.2) is 28.7 Å². The first-order chi connectivity index (χ1) is 9.19. The Kier molecular flexibility index (Phi) is 5.86. The quantitative estimate of drug-likeness (QED) is 0.871. The number of likely N-dealkylation sites (N-methyl/N-ethyl adjacent to an activating group) is 1. The topological polar surface area (TPSA) is 21.3 Å². The Balaban J connectivity index is 1.97. The second-order valence-electron chi connectivity index (χ2n) is 5.62. The fraction of sp³-hybridized carbons (Fsp3) is 0.625. The summed E-state index contributed by atoms with van der Waals surface area (Å²) in [5.74, 6) is 0.871. The average molecular weight is 326 g/mol. The van der Waals surface area contributed by atoms with Gasteiger partial charge in [-0.25, -0.2) is 0 Å². The summed E-state index contributed by atoms with van der Waals surface area (Å²) in [5, 5.41) is 3.24. The molecule has 2 nitrogen and oxygen atoms in total. The minimum absolute atomic E-state index is 0.163. The Labute approximate surface area is 125 Å². The van der Waals surface area contributed by atoms with Crippen LogP contribution in [0.1, 0.15) is 44.3 Å². The smallest absolute Gasteiger partial charge is 0.0952 e. The Morgan fingerprint density at radius 1 is 1.21 bits per heavy atom. The molecule has 0 saturated heterocycles. The summed E-state index contributed by atoms with van der Waals surface area (Å²) in [5.41, 5.74) is 1.26. The summed E-state index contributed by atoms with van der Waals surface area (Å²) in [6, 6.07) is 8.48. The zero-order chi connectivity index (χ0) is 13.7. The summed E-state index contributed by atoms with van der Waals surface area (Å²) in [7, 11) is 1.98. The molecule has 1 N–H and O–H groups in total. The summed E-state index contributed by atoms with van der Waals surface area (Å²) >= 11 is 3.48. The zero-order valence-corrected chi connectivity index (χ0v) is 13.4. The number of halogens is 1. The van der Waals surface area contributed by atoms with Crippen LogP contribution in [0, 0.1) is 5.92 Å². The molecule has 1 saturated carbocycles. The van der Waals surface area contributed by atoms with Crippen LogP contribution in [0.4, 0.5) is 0 Å². The van der Waals surface area contributed by atoms with Gasteiger partial charge >= 0.3 is 0 Å². The highest BCUT2D eigenvalue weighted by atomic mass is 79.9. The molecule has 1 aromatic rings. The molecule has 2 rings (SSSR count). The molecule has 1 aromatic carbocycles. The van der Waals surface area contributed by atoms with Gasteiger partial charge in [-0.2, -0.15) is 0 Å². The molecular formula is C16H24BrNO. The molecule has 106 valence electrons. The van der Waals surface area contributed by atoms with E-state index in [1.165, 1.54) is 31.2 Å². The first-order valence-electron chi connectivity index (χ1n) is 7.24. The van der Waals surface area contributed by atoms with E-state index >= 15 is 0 Å². The van der Waals surface area contributed by atoms with Gasteiger partial charge in [0.25, 0.3) is 0 Å². The standard InChI is InChI=1S/C16H24BrNO/c1-12-3-9-15(10-4-12)19-16(11-18-2)13-5-7-14(17)8-6-13/h5-8,12,15-16,18H,3-4,9-11H2,1-2H3. The summed E-state index contributed by atoms with van der Waals surface area (Å²) < 4.78 is 7.44. The Morgan fingerprint density at radius 3 is 2.42 bits per heavy atom. The highest BCUT2D eigenvalue weighted by Gasteiger charge is 2.22. The lowest BCUT2D eigenvalue weighted by molar-refractivity contribution is -0.0355. The van der Waals surface area contributed by atoms with Crippen LogP contribution in [0.2, 0.25) is 0 Å². The molecular weight excluding hydrogens is 302 g/mol. The molecule has 19 heavy (non-hydrogen) atoms. The average Bonchev–Trinajstić information content (AvgIpc) is 2.42. The van der Waals surface area contributed by atoms with Crippen LogP contribution < -0.4 is 5.32 Å². The van der Waals surface area contributed by atoms with E-state index < -0.39 is 0 Å². The molecule has 0 radical (unpaired) electrons. The van der Waals surface area contributed by atoms with Crippen molar-refractivity contribution in [2.24, 2.45) is 5.92 Å². The molecule has 1 atom stereocenters. The third kappa shape index (κ3) is 4.59. The highest BCUT2D eigenvalue weighted by Crippen LogP contribution is 2.30. The maximum atomic E-state index is 6.33. The number of benzene rings is 1. The first kappa shape index (κ1) is 15.0. The predicted octanol–water partition coefficient (Wildman–Crippen LogP) is 4.30. The van der Waals surface area contributed by atoms with Crippen molar-refractivity contribution in [1.82, 2.24) is 5.32 Å². The summed E-state index contributed by atoms with van der Waals surface area (Å²) in [6.45, 7) is 3.21. The molecule has 0 aromatic heterocycles. The minimum Gasteiger partial charge on any atom is -0.369 e. The van der Waals surface area contributed by atoms with E-state index in [-0.39, 0.29) is 6.10 Å². The molecule has 0 amide bonds. The second kappa shape index (κ2) is 7.41. The molecule has 1 unspecified atom stereocenters. The Morgan fingerprint density at radius 2 is 1.84 bits per heavy atom. The van der Waals surface area contributed by atoms with Gasteiger partial charge in [0.1, 0.15) is 0 Å². The van der Waals surface area contributed by atoms with Crippen molar-refractivity contribution < 1.29 is 4.74 Å². The third-order valence-corrected chi connectivity index (χ3v) is 4.48. The van der Waals surface area contributed by atoms with Crippen molar-refractivity contribution in [3.8, 4) is 0 Å². The van der Waals surface area contributed by atoms with Crippen LogP contribution >= 0.6 is 15.9 Å². The van der Waals surface area contributed by atoms with Gasteiger partial charge in [-0.05, 0) is 56.3 Å². The lowest BCUT2D eigenvalue weighted by Gasteiger charge is -2.30. The SMILES string of the molecule is CNCC(OC1CCC(C)CC1)c1ccc(Br)cc1. The fourth-order valence-corrected chi connectivity index (χ4v) is 2.97. The van der Waals surface area contributed by atoms with Crippen molar-refractivity contribution in [2.75, 3.05) is 13.6 Å². The number of nitrogens with one attached hydrogen (secondary N) is 1. The van der Waals surface area contributed by atoms with E-state index in [4.69, 9.17) is 4.74 Å².